The summed E-state index contributed by atoms with van der Waals surface area (Å²) in [5.74, 6) is 0.380. The molecule has 0 aliphatic heterocycles. The van der Waals surface area contributed by atoms with Crippen LogP contribution in [0.4, 0.5) is 0 Å². The van der Waals surface area contributed by atoms with Gasteiger partial charge in [-0.1, -0.05) is 11.6 Å². The van der Waals surface area contributed by atoms with Gasteiger partial charge in [0.1, 0.15) is 6.10 Å². The van der Waals surface area contributed by atoms with Crippen molar-refractivity contribution in [3.8, 4) is 0 Å². The van der Waals surface area contributed by atoms with Gasteiger partial charge < -0.3 is 5.11 Å². The number of thiophene rings is 1. The summed E-state index contributed by atoms with van der Waals surface area (Å²) >= 11 is 7.31. The number of hydrogen-bond donors (Lipinski definition) is 1. The van der Waals surface area contributed by atoms with Crippen LogP contribution < -0.4 is 0 Å². The van der Waals surface area contributed by atoms with Crippen LogP contribution in [-0.4, -0.2) is 15.1 Å². The normalized spacial score (nSPS) is 12.7. The van der Waals surface area contributed by atoms with Crippen molar-refractivity contribution in [1.29, 1.82) is 0 Å². The molecule has 0 saturated heterocycles. The highest BCUT2D eigenvalue weighted by molar-refractivity contribution is 7.10. The van der Waals surface area contributed by atoms with E-state index in [2.05, 4.69) is 9.97 Å². The van der Waals surface area contributed by atoms with E-state index in [4.69, 9.17) is 11.6 Å². The molecule has 0 amide bonds. The lowest BCUT2D eigenvalue weighted by Gasteiger charge is -2.07. The number of nitrogens with zero attached hydrogens (tertiary/aromatic N) is 2. The van der Waals surface area contributed by atoms with Crippen molar-refractivity contribution in [2.45, 2.75) is 13.0 Å². The van der Waals surface area contributed by atoms with Gasteiger partial charge in [0.05, 0.1) is 9.90 Å². The first-order valence-electron chi connectivity index (χ1n) is 4.38. The molecule has 0 aliphatic rings. The molecule has 2 rings (SSSR count). The Morgan fingerprint density at radius 2 is 2.07 bits per heavy atom. The molecule has 15 heavy (non-hydrogen) atoms. The number of hydrogen-bond acceptors (Lipinski definition) is 4. The first-order chi connectivity index (χ1) is 7.18. The number of rotatable bonds is 2. The molecule has 78 valence electrons. The van der Waals surface area contributed by atoms with E-state index in [1.165, 1.54) is 11.3 Å². The Hall–Kier alpha value is -0.970. The van der Waals surface area contributed by atoms with Crippen molar-refractivity contribution in [3.05, 3.63) is 45.1 Å². The third-order valence-corrected chi connectivity index (χ3v) is 3.35. The molecule has 0 aromatic carbocycles. The minimum atomic E-state index is -0.835. The number of aryl methyl sites for hydroxylation is 1. The fraction of sp³-hybridized carbons (Fsp3) is 0.200. The van der Waals surface area contributed by atoms with Crippen LogP contribution in [0.5, 0.6) is 0 Å². The number of halogens is 1. The molecular formula is C10H9ClN2OS. The lowest BCUT2D eigenvalue weighted by atomic mass is 10.2. The van der Waals surface area contributed by atoms with Crippen LogP contribution in [0.2, 0.25) is 5.02 Å². The quantitative estimate of drug-likeness (QED) is 0.878. The van der Waals surface area contributed by atoms with Crippen molar-refractivity contribution in [2.75, 3.05) is 0 Å². The van der Waals surface area contributed by atoms with Gasteiger partial charge >= 0.3 is 0 Å². The maximum absolute atomic E-state index is 9.95. The van der Waals surface area contributed by atoms with Crippen LogP contribution >= 0.6 is 22.9 Å². The van der Waals surface area contributed by atoms with Crippen LogP contribution in [0.1, 0.15) is 22.4 Å². The first kappa shape index (κ1) is 10.5. The number of aliphatic hydroxyl groups is 1. The molecule has 0 radical (unpaired) electrons. The highest BCUT2D eigenvalue weighted by Gasteiger charge is 2.17. The fourth-order valence-corrected chi connectivity index (χ4v) is 2.30. The molecule has 0 bridgehead atoms. The summed E-state index contributed by atoms with van der Waals surface area (Å²) < 4.78 is 0. The molecule has 2 aromatic heterocycles. The standard InChI is InChI=1S/C10H9ClN2OS/c1-6-4-12-10(13-5-6)8(14)9-7(11)2-3-15-9/h2-5,8,14H,1H3. The summed E-state index contributed by atoms with van der Waals surface area (Å²) in [6.07, 6.45) is 2.51. The van der Waals surface area contributed by atoms with E-state index in [9.17, 15) is 5.11 Å². The largest absolute Gasteiger partial charge is 0.379 e. The van der Waals surface area contributed by atoms with Gasteiger partial charge in [-0.25, -0.2) is 9.97 Å². The Kier molecular flexibility index (Phi) is 3.00. The Morgan fingerprint density at radius 3 is 2.60 bits per heavy atom. The van der Waals surface area contributed by atoms with Crippen LogP contribution in [0.15, 0.2) is 23.8 Å². The smallest absolute Gasteiger partial charge is 0.162 e. The molecule has 1 unspecified atom stereocenters. The second kappa shape index (κ2) is 4.26. The van der Waals surface area contributed by atoms with Crippen molar-refractivity contribution in [2.24, 2.45) is 0 Å². The number of aliphatic hydroxyl groups excluding tert-OH is 1. The van der Waals surface area contributed by atoms with E-state index >= 15 is 0 Å². The third kappa shape index (κ3) is 2.17. The van der Waals surface area contributed by atoms with Crippen LogP contribution in [0.3, 0.4) is 0 Å². The summed E-state index contributed by atoms with van der Waals surface area (Å²) in [5.41, 5.74) is 0.961. The number of aromatic nitrogens is 2. The molecule has 1 atom stereocenters. The molecule has 2 heterocycles. The van der Waals surface area contributed by atoms with E-state index in [1.54, 1.807) is 18.5 Å². The topological polar surface area (TPSA) is 46.0 Å². The van der Waals surface area contributed by atoms with Crippen molar-refractivity contribution in [1.82, 2.24) is 9.97 Å². The Labute approximate surface area is 96.4 Å². The maximum atomic E-state index is 9.95. The van der Waals surface area contributed by atoms with Crippen LogP contribution in [0.25, 0.3) is 0 Å². The van der Waals surface area contributed by atoms with Crippen molar-refractivity contribution in [3.63, 3.8) is 0 Å². The second-order valence-electron chi connectivity index (χ2n) is 3.15. The lowest BCUT2D eigenvalue weighted by Crippen LogP contribution is -2.03. The zero-order valence-electron chi connectivity index (χ0n) is 8.01. The second-order valence-corrected chi connectivity index (χ2v) is 4.51. The van der Waals surface area contributed by atoms with E-state index < -0.39 is 6.10 Å². The van der Waals surface area contributed by atoms with Gasteiger partial charge in [0, 0.05) is 12.4 Å². The average molecular weight is 241 g/mol. The predicted molar refractivity (Wildman–Crippen MR) is 60.2 cm³/mol. The highest BCUT2D eigenvalue weighted by Crippen LogP contribution is 2.30. The monoisotopic (exact) mass is 240 g/mol. The summed E-state index contributed by atoms with van der Waals surface area (Å²) in [6, 6.07) is 1.75. The molecule has 0 fully saturated rings. The maximum Gasteiger partial charge on any atom is 0.162 e. The molecule has 0 saturated carbocycles. The van der Waals surface area contributed by atoms with Crippen LogP contribution in [0, 0.1) is 6.92 Å². The highest BCUT2D eigenvalue weighted by atomic mass is 35.5. The fourth-order valence-electron chi connectivity index (χ4n) is 1.16. The van der Waals surface area contributed by atoms with Gasteiger partial charge in [0.25, 0.3) is 0 Å². The molecule has 1 N–H and O–H groups in total. The summed E-state index contributed by atoms with van der Waals surface area (Å²) in [7, 11) is 0. The summed E-state index contributed by atoms with van der Waals surface area (Å²) in [4.78, 5) is 8.81. The Balaban J connectivity index is 2.32. The molecule has 0 aliphatic carbocycles. The lowest BCUT2D eigenvalue weighted by molar-refractivity contribution is 0.213. The minimum absolute atomic E-state index is 0.380. The molecule has 3 nitrogen and oxygen atoms in total. The van der Waals surface area contributed by atoms with Gasteiger partial charge in [-0.3, -0.25) is 0 Å². The summed E-state index contributed by atoms with van der Waals surface area (Å²) in [5, 5.41) is 12.3. The van der Waals surface area contributed by atoms with E-state index in [0.29, 0.717) is 15.7 Å². The van der Waals surface area contributed by atoms with Gasteiger partial charge in [-0.15, -0.1) is 11.3 Å². The van der Waals surface area contributed by atoms with Crippen molar-refractivity contribution >= 4 is 22.9 Å². The zero-order chi connectivity index (χ0) is 10.8. The van der Waals surface area contributed by atoms with E-state index in [0.717, 1.165) is 5.56 Å². The third-order valence-electron chi connectivity index (χ3n) is 1.94. The molecule has 5 heteroatoms. The average Bonchev–Trinajstić information content (AvgIpc) is 2.65. The van der Waals surface area contributed by atoms with Crippen LogP contribution in [-0.2, 0) is 0 Å². The van der Waals surface area contributed by atoms with Crippen molar-refractivity contribution < 1.29 is 5.11 Å². The Morgan fingerprint density at radius 1 is 1.40 bits per heavy atom. The van der Waals surface area contributed by atoms with Gasteiger partial charge in [0.15, 0.2) is 5.82 Å². The molecule has 2 aromatic rings. The SMILES string of the molecule is Cc1cnc(C(O)c2sccc2Cl)nc1. The Bertz CT molecular complexity index is 455. The summed E-state index contributed by atoms with van der Waals surface area (Å²) in [6.45, 7) is 1.90. The zero-order valence-corrected chi connectivity index (χ0v) is 9.59. The first-order valence-corrected chi connectivity index (χ1v) is 5.63. The molecular weight excluding hydrogens is 232 g/mol. The van der Waals surface area contributed by atoms with Gasteiger partial charge in [0.2, 0.25) is 0 Å². The molecule has 0 spiro atoms. The van der Waals surface area contributed by atoms with Gasteiger partial charge in [-0.2, -0.15) is 0 Å². The predicted octanol–water partition coefficient (Wildman–Crippen LogP) is 2.58. The van der Waals surface area contributed by atoms with E-state index in [1.807, 2.05) is 12.3 Å². The van der Waals surface area contributed by atoms with E-state index in [-0.39, 0.29) is 0 Å². The minimum Gasteiger partial charge on any atom is -0.379 e. The van der Waals surface area contributed by atoms with Gasteiger partial charge in [-0.05, 0) is 23.9 Å².